The Balaban J connectivity index is 0.000000174. The van der Waals surface area contributed by atoms with Crippen LogP contribution in [0.3, 0.4) is 0 Å². The van der Waals surface area contributed by atoms with Crippen LogP contribution in [-0.4, -0.2) is 101 Å². The molecule has 0 radical (unpaired) electrons. The molecule has 2 unspecified atom stereocenters. The smallest absolute Gasteiger partial charge is 0.222 e. The van der Waals surface area contributed by atoms with Crippen molar-refractivity contribution in [3.8, 4) is 22.8 Å². The van der Waals surface area contributed by atoms with Crippen molar-refractivity contribution in [1.29, 1.82) is 0 Å². The Hall–Kier alpha value is -6.06. The first-order valence-electron chi connectivity index (χ1n) is 19.7. The molecule has 2 saturated heterocycles. The number of nitrogens with one attached hydrogen (secondary N) is 4. The van der Waals surface area contributed by atoms with Gasteiger partial charge < -0.3 is 30.4 Å². The summed E-state index contributed by atoms with van der Waals surface area (Å²) in [6, 6.07) is 7.54. The lowest BCUT2D eigenvalue weighted by molar-refractivity contribution is -0.133. The van der Waals surface area contributed by atoms with Gasteiger partial charge in [0.1, 0.15) is 11.3 Å². The molecule has 2 aliphatic rings. The second kappa shape index (κ2) is 18.3. The van der Waals surface area contributed by atoms with E-state index in [1.807, 2.05) is 47.9 Å². The molecule has 16 heteroatoms. The van der Waals surface area contributed by atoms with Gasteiger partial charge >= 0.3 is 0 Å². The highest BCUT2D eigenvalue weighted by Gasteiger charge is 2.25. The Kier molecular flexibility index (Phi) is 12.6. The van der Waals surface area contributed by atoms with Gasteiger partial charge in [0.05, 0.1) is 12.4 Å². The number of nitrogens with zero attached hydrogens (tertiary/aromatic N) is 8. The minimum Gasteiger partial charge on any atom is -0.367 e. The van der Waals surface area contributed by atoms with Gasteiger partial charge in [-0.2, -0.15) is 0 Å². The molecule has 4 N–H and O–H groups in total. The third-order valence-electron chi connectivity index (χ3n) is 10.5. The highest BCUT2D eigenvalue weighted by molar-refractivity contribution is 5.92. The topological polar surface area (TPSA) is 174 Å². The van der Waals surface area contributed by atoms with E-state index in [0.717, 1.165) is 78.4 Å². The number of likely N-dealkylation sites (tertiary alicyclic amines) is 2. The standard InChI is InChI=1S/C21H25FN6O.C20H23FN6O/c1-2-5-18(29)28-9-4-6-14(13-28)10-24-21-17(22)12-26-20(27-21)16-11-25-19-15(16)7-3-8-23-19;1-2-17(28)27-8-4-5-13(12-27)9-23-20-16(21)11-25-19(26-20)15-10-24-18-14(15)6-3-7-22-18/h3,7-8,11-12,14H,2,4-6,9-10,13H2,1H3,(H,23,25)(H,24,26,27);3,6-7,10-11,13H,2,4-5,8-9,12H2,1H3,(H,22,24)(H,23,25,26). The predicted octanol–water partition coefficient (Wildman–Crippen LogP) is 6.83. The number of aromatic amines is 2. The second-order valence-electron chi connectivity index (χ2n) is 14.5. The van der Waals surface area contributed by atoms with E-state index in [0.29, 0.717) is 50.7 Å². The molecule has 6 aromatic rings. The zero-order valence-corrected chi connectivity index (χ0v) is 32.3. The van der Waals surface area contributed by atoms with Crippen LogP contribution in [0.25, 0.3) is 44.8 Å². The molecule has 298 valence electrons. The van der Waals surface area contributed by atoms with Crippen LogP contribution < -0.4 is 10.6 Å². The molecular formula is C41H48F2N12O2. The number of H-pyrrole nitrogens is 2. The van der Waals surface area contributed by atoms with Gasteiger partial charge in [0.25, 0.3) is 0 Å². The number of carbonyl (C=O) groups is 2. The quantitative estimate of drug-likeness (QED) is 0.109. The molecule has 0 aromatic carbocycles. The first kappa shape index (κ1) is 39.2. The Morgan fingerprint density at radius 2 is 1.23 bits per heavy atom. The summed E-state index contributed by atoms with van der Waals surface area (Å²) in [5, 5.41) is 8.04. The van der Waals surface area contributed by atoms with E-state index < -0.39 is 11.6 Å². The summed E-state index contributed by atoms with van der Waals surface area (Å²) in [6.07, 6.45) is 15.3. The van der Waals surface area contributed by atoms with E-state index in [4.69, 9.17) is 0 Å². The molecule has 2 amide bonds. The second-order valence-corrected chi connectivity index (χ2v) is 14.5. The van der Waals surface area contributed by atoms with Crippen molar-refractivity contribution in [1.82, 2.24) is 49.7 Å². The summed E-state index contributed by atoms with van der Waals surface area (Å²) in [6.45, 7) is 8.06. The van der Waals surface area contributed by atoms with Crippen LogP contribution >= 0.6 is 0 Å². The molecule has 6 aromatic heterocycles. The summed E-state index contributed by atoms with van der Waals surface area (Å²) < 4.78 is 28.6. The number of pyridine rings is 2. The lowest BCUT2D eigenvalue weighted by Crippen LogP contribution is -2.41. The summed E-state index contributed by atoms with van der Waals surface area (Å²) in [7, 11) is 0. The van der Waals surface area contributed by atoms with Crippen molar-refractivity contribution < 1.29 is 18.4 Å². The fourth-order valence-electron chi connectivity index (χ4n) is 7.52. The fourth-order valence-corrected chi connectivity index (χ4v) is 7.52. The summed E-state index contributed by atoms with van der Waals surface area (Å²) in [4.78, 5) is 59.7. The molecular weight excluding hydrogens is 731 g/mol. The van der Waals surface area contributed by atoms with Gasteiger partial charge in [-0.05, 0) is 68.2 Å². The molecule has 0 bridgehead atoms. The van der Waals surface area contributed by atoms with Crippen LogP contribution in [0.15, 0.2) is 61.4 Å². The molecule has 0 aliphatic carbocycles. The zero-order chi connectivity index (χ0) is 39.7. The number of fused-ring (bicyclic) bond motifs is 2. The maximum absolute atomic E-state index is 14.3. The Labute approximate surface area is 329 Å². The predicted molar refractivity (Wildman–Crippen MR) is 215 cm³/mol. The summed E-state index contributed by atoms with van der Waals surface area (Å²) in [5.41, 5.74) is 3.04. The number of amides is 2. The van der Waals surface area contributed by atoms with E-state index >= 15 is 0 Å². The Morgan fingerprint density at radius 1 is 0.737 bits per heavy atom. The van der Waals surface area contributed by atoms with Crippen molar-refractivity contribution >= 4 is 45.5 Å². The lowest BCUT2D eigenvalue weighted by Gasteiger charge is -2.33. The first-order chi connectivity index (χ1) is 27.8. The van der Waals surface area contributed by atoms with Crippen molar-refractivity contribution in [2.24, 2.45) is 11.8 Å². The number of aromatic nitrogens is 8. The Bertz CT molecular complexity index is 2310. The van der Waals surface area contributed by atoms with Crippen LogP contribution in [0.1, 0.15) is 58.8 Å². The number of hydrogen-bond donors (Lipinski definition) is 4. The molecule has 14 nitrogen and oxygen atoms in total. The molecule has 8 rings (SSSR count). The molecule has 57 heavy (non-hydrogen) atoms. The third kappa shape index (κ3) is 9.33. The van der Waals surface area contributed by atoms with Crippen molar-refractivity contribution in [3.05, 3.63) is 73.1 Å². The maximum Gasteiger partial charge on any atom is 0.222 e. The molecule has 0 spiro atoms. The number of anilines is 2. The molecule has 8 heterocycles. The minimum absolute atomic E-state index is 0.174. The van der Waals surface area contributed by atoms with Crippen LogP contribution in [0, 0.1) is 23.5 Å². The van der Waals surface area contributed by atoms with Gasteiger partial charge in [-0.3, -0.25) is 9.59 Å². The highest BCUT2D eigenvalue weighted by atomic mass is 19.1. The largest absolute Gasteiger partial charge is 0.367 e. The summed E-state index contributed by atoms with van der Waals surface area (Å²) >= 11 is 0. The SMILES string of the molecule is CCC(=O)N1CCCC(CNc2nc(-c3c[nH]c4ncccc34)ncc2F)C1.CCCC(=O)N1CCCC(CNc2nc(-c3c[nH]c4ncccc34)ncc2F)C1. The monoisotopic (exact) mass is 778 g/mol. The Morgan fingerprint density at radius 3 is 1.70 bits per heavy atom. The molecule has 2 aliphatic heterocycles. The van der Waals surface area contributed by atoms with Gasteiger partial charge in [0.15, 0.2) is 34.9 Å². The molecule has 0 saturated carbocycles. The van der Waals surface area contributed by atoms with Crippen LogP contribution in [0.5, 0.6) is 0 Å². The third-order valence-corrected chi connectivity index (χ3v) is 10.5. The van der Waals surface area contributed by atoms with Crippen LogP contribution in [-0.2, 0) is 9.59 Å². The van der Waals surface area contributed by atoms with E-state index in [1.54, 1.807) is 24.8 Å². The number of hydrogen-bond acceptors (Lipinski definition) is 10. The van der Waals surface area contributed by atoms with E-state index in [9.17, 15) is 18.4 Å². The number of piperidine rings is 2. The van der Waals surface area contributed by atoms with E-state index in [-0.39, 0.29) is 35.3 Å². The highest BCUT2D eigenvalue weighted by Crippen LogP contribution is 2.28. The maximum atomic E-state index is 14.3. The van der Waals surface area contributed by atoms with Gasteiger partial charge in [0, 0.05) is 98.8 Å². The fraction of sp³-hybridized carbons (Fsp3) is 0.415. The van der Waals surface area contributed by atoms with Gasteiger partial charge in [-0.1, -0.05) is 13.8 Å². The van der Waals surface area contributed by atoms with Gasteiger partial charge in [-0.15, -0.1) is 0 Å². The van der Waals surface area contributed by atoms with E-state index in [1.165, 1.54) is 12.4 Å². The average Bonchev–Trinajstić information content (AvgIpc) is 3.89. The molecule has 2 atom stereocenters. The number of halogens is 2. The summed E-state index contributed by atoms with van der Waals surface area (Å²) in [5.74, 6) is 1.21. The van der Waals surface area contributed by atoms with Crippen LogP contribution in [0.2, 0.25) is 0 Å². The van der Waals surface area contributed by atoms with Gasteiger partial charge in [0.2, 0.25) is 11.8 Å². The normalized spacial score (nSPS) is 17.0. The number of rotatable bonds is 11. The molecule has 2 fully saturated rings. The van der Waals surface area contributed by atoms with Crippen molar-refractivity contribution in [3.63, 3.8) is 0 Å². The van der Waals surface area contributed by atoms with Crippen molar-refractivity contribution in [2.75, 3.05) is 49.9 Å². The number of carbonyl (C=O) groups excluding carboxylic acids is 2. The minimum atomic E-state index is -0.487. The first-order valence-corrected chi connectivity index (χ1v) is 19.7. The zero-order valence-electron chi connectivity index (χ0n) is 32.3. The average molecular weight is 779 g/mol. The van der Waals surface area contributed by atoms with Crippen molar-refractivity contribution in [2.45, 2.75) is 58.8 Å². The van der Waals surface area contributed by atoms with Gasteiger partial charge in [-0.25, -0.2) is 38.7 Å². The van der Waals surface area contributed by atoms with E-state index in [2.05, 4.69) is 50.5 Å². The van der Waals surface area contributed by atoms with Crippen LogP contribution in [0.4, 0.5) is 20.4 Å². The lowest BCUT2D eigenvalue weighted by atomic mass is 9.97.